The van der Waals surface area contributed by atoms with Crippen LogP contribution < -0.4 is 5.73 Å². The van der Waals surface area contributed by atoms with E-state index in [9.17, 15) is 4.79 Å². The molecule has 1 aromatic heterocycles. The molecule has 2 unspecified atom stereocenters. The zero-order valence-electron chi connectivity index (χ0n) is 7.93. The third-order valence-electron chi connectivity index (χ3n) is 2.43. The van der Waals surface area contributed by atoms with Crippen molar-refractivity contribution >= 4 is 5.97 Å². The second kappa shape index (κ2) is 3.38. The van der Waals surface area contributed by atoms with Crippen molar-refractivity contribution in [3.8, 4) is 0 Å². The van der Waals surface area contributed by atoms with E-state index in [1.54, 1.807) is 6.07 Å². The van der Waals surface area contributed by atoms with Crippen molar-refractivity contribution in [3.63, 3.8) is 0 Å². The summed E-state index contributed by atoms with van der Waals surface area (Å²) in [4.78, 5) is 15.3. The average Bonchev–Trinajstić information content (AvgIpc) is 2.95. The number of pyridine rings is 1. The molecule has 0 aliphatic heterocycles. The Balaban J connectivity index is 2.14. The Bertz CT molecular complexity index is 348. The first-order valence-electron chi connectivity index (χ1n) is 4.52. The summed E-state index contributed by atoms with van der Waals surface area (Å²) in [5.74, 6) is 0.0193. The van der Waals surface area contributed by atoms with Gasteiger partial charge in [-0.05, 0) is 18.6 Å². The number of carbonyl (C=O) groups excluding carboxylic acids is 1. The van der Waals surface area contributed by atoms with Gasteiger partial charge in [0.05, 0.1) is 12.7 Å². The molecule has 1 aliphatic carbocycles. The van der Waals surface area contributed by atoms with Crippen LogP contribution in [-0.4, -0.2) is 24.1 Å². The molecule has 1 heterocycles. The van der Waals surface area contributed by atoms with Crippen LogP contribution in [0.15, 0.2) is 18.3 Å². The van der Waals surface area contributed by atoms with Crippen LogP contribution in [0.2, 0.25) is 0 Å². The topological polar surface area (TPSA) is 65.2 Å². The molecule has 2 atom stereocenters. The Morgan fingerprint density at radius 1 is 1.64 bits per heavy atom. The molecular weight excluding hydrogens is 180 g/mol. The van der Waals surface area contributed by atoms with E-state index in [0.29, 0.717) is 11.5 Å². The first-order chi connectivity index (χ1) is 6.72. The highest BCUT2D eigenvalue weighted by Crippen LogP contribution is 2.37. The number of ether oxygens (including phenoxy) is 1. The van der Waals surface area contributed by atoms with E-state index in [-0.39, 0.29) is 12.0 Å². The van der Waals surface area contributed by atoms with Gasteiger partial charge in [-0.1, -0.05) is 0 Å². The Labute approximate surface area is 82.1 Å². The predicted molar refractivity (Wildman–Crippen MR) is 50.9 cm³/mol. The number of methoxy groups -OCH3 is 1. The molecule has 14 heavy (non-hydrogen) atoms. The maximum atomic E-state index is 11.1. The predicted octanol–water partition coefficient (Wildman–Crippen LogP) is 0.683. The van der Waals surface area contributed by atoms with Crippen LogP contribution in [0.4, 0.5) is 0 Å². The molecular formula is C10H12N2O2. The fourth-order valence-corrected chi connectivity index (χ4v) is 1.42. The molecule has 1 saturated carbocycles. The fraction of sp³-hybridized carbons (Fsp3) is 0.400. The van der Waals surface area contributed by atoms with E-state index in [2.05, 4.69) is 9.72 Å². The standard InChI is InChI=1S/C10H12N2O2/c1-14-10(13)6-2-3-9(12-5-6)7-4-8(7)11/h2-3,5,7-8H,4,11H2,1H3. The highest BCUT2D eigenvalue weighted by atomic mass is 16.5. The molecule has 2 N–H and O–H groups in total. The number of rotatable bonds is 2. The Morgan fingerprint density at radius 2 is 2.36 bits per heavy atom. The second-order valence-corrected chi connectivity index (χ2v) is 3.47. The quantitative estimate of drug-likeness (QED) is 0.700. The first-order valence-corrected chi connectivity index (χ1v) is 4.52. The molecule has 1 aromatic rings. The summed E-state index contributed by atoms with van der Waals surface area (Å²) in [6.45, 7) is 0. The summed E-state index contributed by atoms with van der Waals surface area (Å²) >= 11 is 0. The number of nitrogens with zero attached hydrogens (tertiary/aromatic N) is 1. The highest BCUT2D eigenvalue weighted by Gasteiger charge is 2.35. The minimum absolute atomic E-state index is 0.242. The lowest BCUT2D eigenvalue weighted by Gasteiger charge is -2.00. The van der Waals surface area contributed by atoms with Crippen LogP contribution in [0.3, 0.4) is 0 Å². The molecule has 2 rings (SSSR count). The smallest absolute Gasteiger partial charge is 0.339 e. The van der Waals surface area contributed by atoms with Gasteiger partial charge >= 0.3 is 5.97 Å². The lowest BCUT2D eigenvalue weighted by Crippen LogP contribution is -2.04. The maximum absolute atomic E-state index is 11.1. The van der Waals surface area contributed by atoms with Crippen molar-refractivity contribution in [2.75, 3.05) is 7.11 Å². The molecule has 4 heteroatoms. The summed E-state index contributed by atoms with van der Waals surface area (Å²) in [5.41, 5.74) is 7.13. The highest BCUT2D eigenvalue weighted by molar-refractivity contribution is 5.88. The molecule has 1 aliphatic rings. The number of esters is 1. The van der Waals surface area contributed by atoms with Gasteiger partial charge in [-0.2, -0.15) is 0 Å². The van der Waals surface area contributed by atoms with Gasteiger partial charge in [0, 0.05) is 23.9 Å². The van der Waals surface area contributed by atoms with Crippen LogP contribution in [0, 0.1) is 0 Å². The molecule has 0 bridgehead atoms. The van der Waals surface area contributed by atoms with Gasteiger partial charge in [0.2, 0.25) is 0 Å². The summed E-state index contributed by atoms with van der Waals surface area (Å²) in [5, 5.41) is 0. The van der Waals surface area contributed by atoms with E-state index in [4.69, 9.17) is 5.73 Å². The van der Waals surface area contributed by atoms with Crippen molar-refractivity contribution in [2.45, 2.75) is 18.4 Å². The van der Waals surface area contributed by atoms with Gasteiger partial charge in [0.1, 0.15) is 0 Å². The van der Waals surface area contributed by atoms with Crippen LogP contribution in [-0.2, 0) is 4.74 Å². The third kappa shape index (κ3) is 1.61. The normalized spacial score (nSPS) is 24.4. The van der Waals surface area contributed by atoms with Crippen LogP contribution in [0.25, 0.3) is 0 Å². The summed E-state index contributed by atoms with van der Waals surface area (Å²) in [6, 6.07) is 3.80. The van der Waals surface area contributed by atoms with Crippen molar-refractivity contribution < 1.29 is 9.53 Å². The first kappa shape index (κ1) is 9.15. The number of hydrogen-bond acceptors (Lipinski definition) is 4. The number of hydrogen-bond donors (Lipinski definition) is 1. The monoisotopic (exact) mass is 192 g/mol. The molecule has 0 saturated heterocycles. The minimum Gasteiger partial charge on any atom is -0.465 e. The number of aromatic nitrogens is 1. The van der Waals surface area contributed by atoms with Gasteiger partial charge < -0.3 is 10.5 Å². The van der Waals surface area contributed by atoms with Gasteiger partial charge in [-0.25, -0.2) is 4.79 Å². The molecule has 0 amide bonds. The number of nitrogens with two attached hydrogens (primary N) is 1. The summed E-state index contributed by atoms with van der Waals surface area (Å²) in [6.07, 6.45) is 2.52. The SMILES string of the molecule is COC(=O)c1ccc(C2CC2N)nc1. The maximum Gasteiger partial charge on any atom is 0.339 e. The Morgan fingerprint density at radius 3 is 2.79 bits per heavy atom. The Hall–Kier alpha value is -1.42. The van der Waals surface area contributed by atoms with Crippen LogP contribution in [0.5, 0.6) is 0 Å². The summed E-state index contributed by atoms with van der Waals surface area (Å²) < 4.78 is 4.57. The van der Waals surface area contributed by atoms with E-state index >= 15 is 0 Å². The van der Waals surface area contributed by atoms with Crippen molar-refractivity contribution in [1.29, 1.82) is 0 Å². The van der Waals surface area contributed by atoms with Crippen LogP contribution >= 0.6 is 0 Å². The molecule has 4 nitrogen and oxygen atoms in total. The molecule has 1 fully saturated rings. The van der Waals surface area contributed by atoms with Crippen molar-refractivity contribution in [2.24, 2.45) is 5.73 Å². The molecule has 0 spiro atoms. The third-order valence-corrected chi connectivity index (χ3v) is 2.43. The van der Waals surface area contributed by atoms with E-state index in [0.717, 1.165) is 12.1 Å². The fourth-order valence-electron chi connectivity index (χ4n) is 1.42. The van der Waals surface area contributed by atoms with Gasteiger partial charge in [-0.15, -0.1) is 0 Å². The average molecular weight is 192 g/mol. The van der Waals surface area contributed by atoms with Gasteiger partial charge in [-0.3, -0.25) is 4.98 Å². The van der Waals surface area contributed by atoms with E-state index < -0.39 is 0 Å². The second-order valence-electron chi connectivity index (χ2n) is 3.47. The van der Waals surface area contributed by atoms with Crippen molar-refractivity contribution in [1.82, 2.24) is 4.98 Å². The zero-order valence-corrected chi connectivity index (χ0v) is 7.93. The van der Waals surface area contributed by atoms with Crippen molar-refractivity contribution in [3.05, 3.63) is 29.6 Å². The Kier molecular flexibility index (Phi) is 2.21. The summed E-state index contributed by atoms with van der Waals surface area (Å²) in [7, 11) is 1.35. The van der Waals surface area contributed by atoms with E-state index in [1.807, 2.05) is 6.07 Å². The van der Waals surface area contributed by atoms with Gasteiger partial charge in [0.25, 0.3) is 0 Å². The molecule has 74 valence electrons. The lowest BCUT2D eigenvalue weighted by atomic mass is 10.2. The largest absolute Gasteiger partial charge is 0.465 e. The minimum atomic E-state index is -0.357. The molecule has 0 aromatic carbocycles. The molecule has 0 radical (unpaired) electrons. The number of carbonyl (C=O) groups is 1. The van der Waals surface area contributed by atoms with E-state index in [1.165, 1.54) is 13.3 Å². The lowest BCUT2D eigenvalue weighted by molar-refractivity contribution is 0.0600. The van der Waals surface area contributed by atoms with Crippen LogP contribution in [0.1, 0.15) is 28.4 Å². The zero-order chi connectivity index (χ0) is 10.1. The van der Waals surface area contributed by atoms with Gasteiger partial charge in [0.15, 0.2) is 0 Å².